The molecule has 0 saturated carbocycles. The van der Waals surface area contributed by atoms with Crippen LogP contribution in [0.5, 0.6) is 5.75 Å². The lowest BCUT2D eigenvalue weighted by molar-refractivity contribution is 0.102. The van der Waals surface area contributed by atoms with Crippen LogP contribution in [0.15, 0.2) is 42.5 Å². The number of amides is 1. The molecule has 2 aromatic carbocycles. The van der Waals surface area contributed by atoms with Gasteiger partial charge < -0.3 is 16.2 Å². The van der Waals surface area contributed by atoms with Crippen LogP contribution in [-0.4, -0.2) is 11.0 Å². The molecular formula is C14H13FN2O2. The molecule has 0 aliphatic heterocycles. The average molecular weight is 260 g/mol. The van der Waals surface area contributed by atoms with E-state index in [2.05, 4.69) is 5.32 Å². The van der Waals surface area contributed by atoms with E-state index in [0.29, 0.717) is 16.8 Å². The van der Waals surface area contributed by atoms with Crippen molar-refractivity contribution in [3.8, 4) is 5.75 Å². The minimum Gasteiger partial charge on any atom is -0.508 e. The van der Waals surface area contributed by atoms with Gasteiger partial charge in [-0.25, -0.2) is 4.39 Å². The molecule has 98 valence electrons. The number of rotatable bonds is 3. The third-order valence-electron chi connectivity index (χ3n) is 2.65. The van der Waals surface area contributed by atoms with Gasteiger partial charge in [-0.1, -0.05) is 0 Å². The van der Waals surface area contributed by atoms with Crippen LogP contribution in [0.1, 0.15) is 15.9 Å². The van der Waals surface area contributed by atoms with Gasteiger partial charge in [-0.3, -0.25) is 4.79 Å². The highest BCUT2D eigenvalue weighted by atomic mass is 19.1. The highest BCUT2D eigenvalue weighted by Crippen LogP contribution is 2.16. The minimum atomic E-state index is -0.398. The molecule has 0 atom stereocenters. The van der Waals surface area contributed by atoms with Crippen LogP contribution >= 0.6 is 0 Å². The first kappa shape index (κ1) is 13.0. The Bertz CT molecular complexity index is 597. The summed E-state index contributed by atoms with van der Waals surface area (Å²) in [4.78, 5) is 11.9. The van der Waals surface area contributed by atoms with E-state index in [0.717, 1.165) is 0 Å². The number of halogens is 1. The van der Waals surface area contributed by atoms with Crippen molar-refractivity contribution < 1.29 is 14.3 Å². The molecule has 0 saturated heterocycles. The van der Waals surface area contributed by atoms with Crippen LogP contribution in [0.3, 0.4) is 0 Å². The summed E-state index contributed by atoms with van der Waals surface area (Å²) < 4.78 is 13.3. The van der Waals surface area contributed by atoms with Gasteiger partial charge in [0.1, 0.15) is 11.6 Å². The van der Waals surface area contributed by atoms with Crippen LogP contribution in [0, 0.1) is 5.82 Å². The lowest BCUT2D eigenvalue weighted by Crippen LogP contribution is -2.12. The number of aromatic hydroxyl groups is 1. The van der Waals surface area contributed by atoms with Crippen molar-refractivity contribution in [2.24, 2.45) is 5.73 Å². The lowest BCUT2D eigenvalue weighted by atomic mass is 10.1. The average Bonchev–Trinajstić information content (AvgIpc) is 2.41. The van der Waals surface area contributed by atoms with Crippen molar-refractivity contribution in [3.63, 3.8) is 0 Å². The standard InChI is InChI=1S/C14H13FN2O2/c15-13-6-3-11(7-10(13)8-16)17-14(19)9-1-4-12(18)5-2-9/h1-7,18H,8,16H2,(H,17,19). The van der Waals surface area contributed by atoms with Crippen LogP contribution in [0.4, 0.5) is 10.1 Å². The third kappa shape index (κ3) is 3.08. The minimum absolute atomic E-state index is 0.0642. The maximum atomic E-state index is 13.3. The number of carbonyl (C=O) groups excluding carboxylic acids is 1. The first-order chi connectivity index (χ1) is 9.10. The molecule has 4 nitrogen and oxygen atoms in total. The molecule has 5 heteroatoms. The van der Waals surface area contributed by atoms with Gasteiger partial charge in [-0.2, -0.15) is 0 Å². The second-order valence-electron chi connectivity index (χ2n) is 4.01. The number of nitrogens with two attached hydrogens (primary N) is 1. The Morgan fingerprint density at radius 3 is 2.53 bits per heavy atom. The summed E-state index contributed by atoms with van der Waals surface area (Å²) in [5.74, 6) is -0.650. The van der Waals surface area contributed by atoms with Crippen molar-refractivity contribution in [2.45, 2.75) is 6.54 Å². The number of phenols is 1. The lowest BCUT2D eigenvalue weighted by Gasteiger charge is -2.07. The van der Waals surface area contributed by atoms with Crippen LogP contribution in [-0.2, 0) is 6.54 Å². The molecule has 0 aliphatic carbocycles. The molecule has 0 spiro atoms. The van der Waals surface area contributed by atoms with E-state index in [1.54, 1.807) is 0 Å². The van der Waals surface area contributed by atoms with Crippen molar-refractivity contribution >= 4 is 11.6 Å². The van der Waals surface area contributed by atoms with E-state index in [-0.39, 0.29) is 18.2 Å². The molecule has 4 N–H and O–H groups in total. The Kier molecular flexibility index (Phi) is 3.77. The van der Waals surface area contributed by atoms with E-state index in [4.69, 9.17) is 10.8 Å². The Morgan fingerprint density at radius 1 is 1.21 bits per heavy atom. The van der Waals surface area contributed by atoms with E-state index in [1.807, 2.05) is 0 Å². The van der Waals surface area contributed by atoms with E-state index in [9.17, 15) is 9.18 Å². The maximum Gasteiger partial charge on any atom is 0.255 e. The van der Waals surface area contributed by atoms with Crippen LogP contribution in [0.25, 0.3) is 0 Å². The van der Waals surface area contributed by atoms with Crippen molar-refractivity contribution in [3.05, 3.63) is 59.4 Å². The van der Waals surface area contributed by atoms with Gasteiger partial charge in [0.15, 0.2) is 0 Å². The summed E-state index contributed by atoms with van der Waals surface area (Å²) >= 11 is 0. The Morgan fingerprint density at radius 2 is 1.89 bits per heavy atom. The Hall–Kier alpha value is -2.40. The molecule has 0 aromatic heterocycles. The fourth-order valence-corrected chi connectivity index (χ4v) is 1.62. The molecule has 0 fully saturated rings. The monoisotopic (exact) mass is 260 g/mol. The van der Waals surface area contributed by atoms with Crippen molar-refractivity contribution in [1.82, 2.24) is 0 Å². The number of nitrogens with one attached hydrogen (secondary N) is 1. The van der Waals surface area contributed by atoms with Gasteiger partial charge >= 0.3 is 0 Å². The zero-order chi connectivity index (χ0) is 13.8. The summed E-state index contributed by atoms with van der Waals surface area (Å²) in [6.07, 6.45) is 0. The maximum absolute atomic E-state index is 13.3. The normalized spacial score (nSPS) is 10.2. The van der Waals surface area contributed by atoms with E-state index >= 15 is 0 Å². The summed E-state index contributed by atoms with van der Waals surface area (Å²) in [5, 5.41) is 11.8. The number of benzene rings is 2. The predicted molar refractivity (Wildman–Crippen MR) is 70.4 cm³/mol. The van der Waals surface area contributed by atoms with Gasteiger partial charge in [-0.15, -0.1) is 0 Å². The highest BCUT2D eigenvalue weighted by molar-refractivity contribution is 6.04. The van der Waals surface area contributed by atoms with Crippen LogP contribution < -0.4 is 11.1 Å². The molecule has 0 bridgehead atoms. The zero-order valence-electron chi connectivity index (χ0n) is 10.1. The summed E-state index contributed by atoms with van der Waals surface area (Å²) in [7, 11) is 0. The van der Waals surface area contributed by atoms with Gasteiger partial charge in [0.05, 0.1) is 0 Å². The zero-order valence-corrected chi connectivity index (χ0v) is 10.1. The molecule has 0 aliphatic rings. The topological polar surface area (TPSA) is 75.3 Å². The molecule has 0 radical (unpaired) electrons. The quantitative estimate of drug-likeness (QED) is 0.792. The number of carbonyl (C=O) groups is 1. The fraction of sp³-hybridized carbons (Fsp3) is 0.0714. The second-order valence-corrected chi connectivity index (χ2v) is 4.01. The van der Waals surface area contributed by atoms with Crippen molar-refractivity contribution in [2.75, 3.05) is 5.32 Å². The summed E-state index contributed by atoms with van der Waals surface area (Å²) in [6.45, 7) is 0.0642. The van der Waals surface area contributed by atoms with Gasteiger partial charge in [0.25, 0.3) is 5.91 Å². The molecule has 0 heterocycles. The number of hydrogen-bond acceptors (Lipinski definition) is 3. The number of hydrogen-bond donors (Lipinski definition) is 3. The number of phenolic OH excluding ortho intramolecular Hbond substituents is 1. The molecule has 2 aromatic rings. The molecule has 19 heavy (non-hydrogen) atoms. The largest absolute Gasteiger partial charge is 0.508 e. The predicted octanol–water partition coefficient (Wildman–Crippen LogP) is 2.24. The molecule has 0 unspecified atom stereocenters. The summed E-state index contributed by atoms with van der Waals surface area (Å²) in [6, 6.07) is 10.1. The van der Waals surface area contributed by atoms with Gasteiger partial charge in [-0.05, 0) is 42.5 Å². The Labute approximate surface area is 109 Å². The number of anilines is 1. The first-order valence-electron chi connectivity index (χ1n) is 5.69. The smallest absolute Gasteiger partial charge is 0.255 e. The molecule has 2 rings (SSSR count). The second kappa shape index (κ2) is 5.49. The van der Waals surface area contributed by atoms with Gasteiger partial charge in [0, 0.05) is 23.4 Å². The van der Waals surface area contributed by atoms with E-state index in [1.165, 1.54) is 42.5 Å². The molecule has 1 amide bonds. The highest BCUT2D eigenvalue weighted by Gasteiger charge is 2.08. The Balaban J connectivity index is 2.17. The van der Waals surface area contributed by atoms with Crippen molar-refractivity contribution in [1.29, 1.82) is 0 Å². The summed E-state index contributed by atoms with van der Waals surface area (Å²) in [5.41, 5.74) is 6.61. The molecular weight excluding hydrogens is 247 g/mol. The van der Waals surface area contributed by atoms with E-state index < -0.39 is 5.82 Å². The van der Waals surface area contributed by atoms with Gasteiger partial charge in [0.2, 0.25) is 0 Å². The third-order valence-corrected chi connectivity index (χ3v) is 2.65. The fourth-order valence-electron chi connectivity index (χ4n) is 1.62. The van der Waals surface area contributed by atoms with Crippen LogP contribution in [0.2, 0.25) is 0 Å². The first-order valence-corrected chi connectivity index (χ1v) is 5.69. The SMILES string of the molecule is NCc1cc(NC(=O)c2ccc(O)cc2)ccc1F.